The molecule has 4 aliphatic carbocycles. The fourth-order valence-corrected chi connectivity index (χ4v) is 6.76. The van der Waals surface area contributed by atoms with Gasteiger partial charge in [0.2, 0.25) is 5.91 Å². The Kier molecular flexibility index (Phi) is 5.39. The van der Waals surface area contributed by atoms with Gasteiger partial charge in [-0.1, -0.05) is 0 Å². The van der Waals surface area contributed by atoms with E-state index in [0.29, 0.717) is 57.7 Å². The zero-order chi connectivity index (χ0) is 23.6. The van der Waals surface area contributed by atoms with E-state index in [4.69, 9.17) is 0 Å². The zero-order valence-electron chi connectivity index (χ0n) is 18.6. The van der Waals surface area contributed by atoms with Crippen molar-refractivity contribution in [2.24, 2.45) is 11.8 Å². The first-order valence-corrected chi connectivity index (χ1v) is 11.7. The molecule has 4 unspecified atom stereocenters. The molecule has 1 amide bonds. The molecule has 10 heteroatoms. The average Bonchev–Trinajstić information content (AvgIpc) is 2.73. The highest BCUT2D eigenvalue weighted by Gasteiger charge is 2.61. The third-order valence-corrected chi connectivity index (χ3v) is 8.15. The lowest BCUT2D eigenvalue weighted by atomic mass is 9.51. The average molecular weight is 471 g/mol. The van der Waals surface area contributed by atoms with Crippen LogP contribution in [0.5, 0.6) is 0 Å². The Balaban J connectivity index is 1.15. The van der Waals surface area contributed by atoms with E-state index in [9.17, 15) is 23.1 Å². The van der Waals surface area contributed by atoms with Gasteiger partial charge in [0.25, 0.3) is 0 Å². The predicted molar refractivity (Wildman–Crippen MR) is 113 cm³/mol. The molecule has 182 valence electrons. The number of pyridine rings is 1. The van der Waals surface area contributed by atoms with Gasteiger partial charge in [-0.3, -0.25) is 9.69 Å². The molecule has 6 rings (SSSR count). The number of carbonyl (C=O) groups excluding carboxylic acids is 1. The van der Waals surface area contributed by atoms with Crippen molar-refractivity contribution in [1.82, 2.24) is 15.2 Å². The van der Waals surface area contributed by atoms with Crippen LogP contribution in [0.2, 0.25) is 0 Å². The summed E-state index contributed by atoms with van der Waals surface area (Å²) < 4.78 is 53.3. The van der Waals surface area contributed by atoms with Crippen molar-refractivity contribution in [3.8, 4) is 0 Å². The van der Waals surface area contributed by atoms with Gasteiger partial charge in [0.1, 0.15) is 11.5 Å². The Hall–Kier alpha value is -1.94. The van der Waals surface area contributed by atoms with Gasteiger partial charge in [-0.2, -0.15) is 13.2 Å². The minimum atomic E-state index is -4.41. The van der Waals surface area contributed by atoms with Gasteiger partial charge in [-0.15, -0.1) is 0 Å². The maximum absolute atomic E-state index is 15.0. The number of nitrogens with one attached hydrogen (secondary N) is 1. The van der Waals surface area contributed by atoms with Gasteiger partial charge < -0.3 is 15.3 Å². The molecule has 2 N–H and O–H groups in total. The lowest BCUT2D eigenvalue weighted by Gasteiger charge is -2.60. The number of halogens is 4. The molecule has 1 aromatic rings. The van der Waals surface area contributed by atoms with E-state index in [2.05, 4.69) is 15.2 Å². The number of aromatic nitrogens is 1. The quantitative estimate of drug-likeness (QED) is 0.663. The van der Waals surface area contributed by atoms with Crippen molar-refractivity contribution in [2.45, 2.75) is 68.6 Å². The molecule has 5 aliphatic rings. The highest BCUT2D eigenvalue weighted by atomic mass is 19.4. The standard InChI is InChI=1S/C23H30F4N4O2/c1-14(20(32)29-19-15-8-21(24)9-16(19)11-22(33,10-15)13-21)30-4-6-31(7-5-30)18-3-2-17(12-28-18)23(25,26)27/h2-3,12,14-16,19,33H,4-11,13H2,1H3,(H,29,32)/t14?,15-,16+,19?,21?,22?. The van der Waals surface area contributed by atoms with Gasteiger partial charge in [0, 0.05) is 44.8 Å². The SMILES string of the molecule is CC(C(=O)NC1[C@@H]2CC3(O)C[C@H]1CC(F)(C2)C3)N1CCN(c2ccc(C(F)(F)F)cn2)CC1. The topological polar surface area (TPSA) is 68.7 Å². The minimum Gasteiger partial charge on any atom is -0.390 e. The third kappa shape index (κ3) is 4.32. The van der Waals surface area contributed by atoms with E-state index in [0.717, 1.165) is 12.3 Å². The van der Waals surface area contributed by atoms with Crippen LogP contribution >= 0.6 is 0 Å². The van der Waals surface area contributed by atoms with Crippen molar-refractivity contribution < 1.29 is 27.5 Å². The molecule has 4 saturated carbocycles. The Labute approximate surface area is 190 Å². The van der Waals surface area contributed by atoms with Crippen LogP contribution in [0.3, 0.4) is 0 Å². The number of aliphatic hydroxyl groups is 1. The number of rotatable bonds is 4. The van der Waals surface area contributed by atoms with Crippen LogP contribution in [0.15, 0.2) is 18.3 Å². The number of nitrogens with zero attached hydrogens (tertiary/aromatic N) is 3. The van der Waals surface area contributed by atoms with E-state index in [1.807, 2.05) is 11.8 Å². The Morgan fingerprint density at radius 2 is 1.79 bits per heavy atom. The fraction of sp³-hybridized carbons (Fsp3) is 0.739. The van der Waals surface area contributed by atoms with Gasteiger partial charge in [-0.05, 0) is 56.6 Å². The van der Waals surface area contributed by atoms with Crippen molar-refractivity contribution in [2.75, 3.05) is 31.1 Å². The summed E-state index contributed by atoms with van der Waals surface area (Å²) >= 11 is 0. The lowest BCUT2D eigenvalue weighted by molar-refractivity contribution is -0.184. The van der Waals surface area contributed by atoms with E-state index in [-0.39, 0.29) is 36.2 Å². The normalized spacial score (nSPS) is 37.3. The second-order valence-corrected chi connectivity index (χ2v) is 10.5. The van der Waals surface area contributed by atoms with Gasteiger partial charge >= 0.3 is 6.18 Å². The van der Waals surface area contributed by atoms with E-state index >= 15 is 4.39 Å². The third-order valence-electron chi connectivity index (χ3n) is 8.15. The van der Waals surface area contributed by atoms with E-state index in [1.54, 1.807) is 0 Å². The van der Waals surface area contributed by atoms with Crippen LogP contribution in [0.4, 0.5) is 23.4 Å². The summed E-state index contributed by atoms with van der Waals surface area (Å²) in [6.45, 7) is 4.13. The zero-order valence-corrected chi connectivity index (χ0v) is 18.6. The highest BCUT2D eigenvalue weighted by molar-refractivity contribution is 5.81. The number of carbonyl (C=O) groups is 1. The van der Waals surface area contributed by atoms with Crippen molar-refractivity contribution >= 4 is 11.7 Å². The maximum Gasteiger partial charge on any atom is 0.417 e. The minimum absolute atomic E-state index is 0.0278. The Morgan fingerprint density at radius 3 is 2.30 bits per heavy atom. The number of amides is 1. The van der Waals surface area contributed by atoms with Gasteiger partial charge in [0.05, 0.1) is 17.2 Å². The molecule has 0 radical (unpaired) electrons. The molecule has 5 fully saturated rings. The summed E-state index contributed by atoms with van der Waals surface area (Å²) in [6, 6.07) is 1.95. The lowest BCUT2D eigenvalue weighted by Crippen LogP contribution is -2.67. The molecule has 0 aromatic carbocycles. The second-order valence-electron chi connectivity index (χ2n) is 10.5. The van der Waals surface area contributed by atoms with Crippen molar-refractivity contribution in [3.05, 3.63) is 23.9 Å². The smallest absolute Gasteiger partial charge is 0.390 e. The Morgan fingerprint density at radius 1 is 1.15 bits per heavy atom. The molecule has 6 nitrogen and oxygen atoms in total. The molecule has 33 heavy (non-hydrogen) atoms. The largest absolute Gasteiger partial charge is 0.417 e. The van der Waals surface area contributed by atoms with Crippen LogP contribution in [-0.2, 0) is 11.0 Å². The molecular weight excluding hydrogens is 440 g/mol. The maximum atomic E-state index is 15.0. The van der Waals surface area contributed by atoms with Crippen molar-refractivity contribution in [1.29, 1.82) is 0 Å². The van der Waals surface area contributed by atoms with E-state index in [1.165, 1.54) is 6.07 Å². The first kappa shape index (κ1) is 22.8. The van der Waals surface area contributed by atoms with Gasteiger partial charge in [0.15, 0.2) is 0 Å². The summed E-state index contributed by atoms with van der Waals surface area (Å²) in [5.41, 5.74) is -2.99. The molecule has 1 aromatic heterocycles. The molecule has 4 bridgehead atoms. The number of alkyl halides is 4. The first-order valence-electron chi connectivity index (χ1n) is 11.7. The molecule has 0 spiro atoms. The molecule has 1 aliphatic heterocycles. The summed E-state index contributed by atoms with van der Waals surface area (Å²) in [4.78, 5) is 21.0. The number of piperazine rings is 1. The molecular formula is C23H30F4N4O2. The molecule has 2 heterocycles. The number of hydrogen-bond acceptors (Lipinski definition) is 5. The summed E-state index contributed by atoms with van der Waals surface area (Å²) in [5.74, 6) is 0.347. The number of anilines is 1. The van der Waals surface area contributed by atoms with Crippen LogP contribution in [0.1, 0.15) is 44.6 Å². The van der Waals surface area contributed by atoms with E-state index < -0.39 is 23.0 Å². The van der Waals surface area contributed by atoms with Crippen LogP contribution in [-0.4, -0.2) is 70.4 Å². The Bertz CT molecular complexity index is 865. The summed E-state index contributed by atoms with van der Waals surface area (Å²) in [7, 11) is 0. The second kappa shape index (κ2) is 7.80. The molecule has 6 atom stereocenters. The van der Waals surface area contributed by atoms with Crippen LogP contribution in [0.25, 0.3) is 0 Å². The summed E-state index contributed by atoms with van der Waals surface area (Å²) in [5, 5.41) is 13.8. The monoisotopic (exact) mass is 470 g/mol. The highest BCUT2D eigenvalue weighted by Crippen LogP contribution is 2.59. The number of hydrogen-bond donors (Lipinski definition) is 2. The fourth-order valence-electron chi connectivity index (χ4n) is 6.76. The van der Waals surface area contributed by atoms with Crippen LogP contribution in [0, 0.1) is 11.8 Å². The van der Waals surface area contributed by atoms with Crippen LogP contribution < -0.4 is 10.2 Å². The molecule has 1 saturated heterocycles. The summed E-state index contributed by atoms with van der Waals surface area (Å²) in [6.07, 6.45) is -1.43. The van der Waals surface area contributed by atoms with Crippen molar-refractivity contribution in [3.63, 3.8) is 0 Å². The predicted octanol–water partition coefficient (Wildman–Crippen LogP) is 2.76. The van der Waals surface area contributed by atoms with Gasteiger partial charge in [-0.25, -0.2) is 9.37 Å². The first-order chi connectivity index (χ1) is 15.4.